The third kappa shape index (κ3) is 3.37. The molecule has 1 saturated heterocycles. The average Bonchev–Trinajstić information content (AvgIpc) is 2.98. The van der Waals surface area contributed by atoms with Gasteiger partial charge in [0.15, 0.2) is 11.4 Å². The molecule has 0 saturated carbocycles. The zero-order chi connectivity index (χ0) is 15.4. The second kappa shape index (κ2) is 6.76. The van der Waals surface area contributed by atoms with E-state index in [0.717, 1.165) is 39.3 Å². The number of nitrogens with one attached hydrogen (secondary N) is 1. The van der Waals surface area contributed by atoms with Crippen molar-refractivity contribution in [1.82, 2.24) is 19.6 Å². The molecule has 1 aliphatic rings. The number of imidazole rings is 1. The zero-order valence-electron chi connectivity index (χ0n) is 12.4. The molecule has 3 rings (SSSR count). The van der Waals surface area contributed by atoms with Gasteiger partial charge in [-0.15, -0.1) is 0 Å². The van der Waals surface area contributed by atoms with E-state index in [0.29, 0.717) is 17.9 Å². The number of pyridine rings is 1. The summed E-state index contributed by atoms with van der Waals surface area (Å²) in [5.41, 5.74) is 0.703. The van der Waals surface area contributed by atoms with Crippen molar-refractivity contribution < 1.29 is 14.6 Å². The normalized spacial score (nSPS) is 16.0. The van der Waals surface area contributed by atoms with E-state index in [2.05, 4.69) is 15.2 Å². The van der Waals surface area contributed by atoms with E-state index >= 15 is 0 Å². The van der Waals surface area contributed by atoms with Crippen molar-refractivity contribution in [1.29, 1.82) is 0 Å². The number of fused-ring (bicyclic) bond motifs is 1. The van der Waals surface area contributed by atoms with Gasteiger partial charge in [0.25, 0.3) is 5.91 Å². The van der Waals surface area contributed by atoms with Gasteiger partial charge in [-0.3, -0.25) is 9.69 Å². The lowest BCUT2D eigenvalue weighted by Gasteiger charge is -2.26. The van der Waals surface area contributed by atoms with E-state index in [1.54, 1.807) is 28.9 Å². The molecule has 1 fully saturated rings. The minimum atomic E-state index is -0.218. The second-order valence-electron chi connectivity index (χ2n) is 5.31. The molecule has 2 N–H and O–H groups in total. The number of morpholine rings is 1. The van der Waals surface area contributed by atoms with Crippen LogP contribution >= 0.6 is 0 Å². The van der Waals surface area contributed by atoms with Gasteiger partial charge in [0.05, 0.1) is 13.2 Å². The van der Waals surface area contributed by atoms with Crippen molar-refractivity contribution in [3.05, 3.63) is 30.2 Å². The van der Waals surface area contributed by atoms with Crippen LogP contribution in [0.1, 0.15) is 16.9 Å². The molecule has 0 aliphatic carbocycles. The fourth-order valence-electron chi connectivity index (χ4n) is 2.53. The summed E-state index contributed by atoms with van der Waals surface area (Å²) in [4.78, 5) is 18.6. The Morgan fingerprint density at radius 1 is 1.41 bits per heavy atom. The van der Waals surface area contributed by atoms with Gasteiger partial charge in [-0.05, 0) is 25.1 Å². The molecule has 0 aromatic carbocycles. The molecule has 118 valence electrons. The highest BCUT2D eigenvalue weighted by molar-refractivity contribution is 5.93. The summed E-state index contributed by atoms with van der Waals surface area (Å²) < 4.78 is 6.93. The molecule has 1 aliphatic heterocycles. The fraction of sp³-hybridized carbons (Fsp3) is 0.467. The van der Waals surface area contributed by atoms with E-state index in [-0.39, 0.29) is 11.7 Å². The highest BCUT2D eigenvalue weighted by Crippen LogP contribution is 2.16. The third-order valence-electron chi connectivity index (χ3n) is 3.74. The van der Waals surface area contributed by atoms with Crippen LogP contribution < -0.4 is 5.32 Å². The molecule has 3 heterocycles. The van der Waals surface area contributed by atoms with E-state index in [1.165, 1.54) is 0 Å². The molecule has 7 heteroatoms. The van der Waals surface area contributed by atoms with E-state index in [4.69, 9.17) is 4.74 Å². The summed E-state index contributed by atoms with van der Waals surface area (Å²) in [6.45, 7) is 5.05. The lowest BCUT2D eigenvalue weighted by Crippen LogP contribution is -2.38. The lowest BCUT2D eigenvalue weighted by molar-refractivity contribution is 0.0374. The van der Waals surface area contributed by atoms with Gasteiger partial charge in [0.1, 0.15) is 5.69 Å². The van der Waals surface area contributed by atoms with Gasteiger partial charge in [0.2, 0.25) is 0 Å². The molecule has 0 radical (unpaired) electrons. The van der Waals surface area contributed by atoms with Crippen LogP contribution in [-0.2, 0) is 4.74 Å². The molecule has 22 heavy (non-hydrogen) atoms. The van der Waals surface area contributed by atoms with Crippen molar-refractivity contribution >= 4 is 11.6 Å². The van der Waals surface area contributed by atoms with Crippen LogP contribution in [-0.4, -0.2) is 64.7 Å². The highest BCUT2D eigenvalue weighted by atomic mass is 16.5. The van der Waals surface area contributed by atoms with Crippen LogP contribution in [0.3, 0.4) is 0 Å². The number of aromatic nitrogens is 2. The lowest BCUT2D eigenvalue weighted by atomic mass is 10.3. The van der Waals surface area contributed by atoms with Crippen molar-refractivity contribution in [2.75, 3.05) is 39.4 Å². The topological polar surface area (TPSA) is 79.1 Å². The summed E-state index contributed by atoms with van der Waals surface area (Å²) in [5.74, 6) is -0.154. The first-order valence-corrected chi connectivity index (χ1v) is 7.49. The summed E-state index contributed by atoms with van der Waals surface area (Å²) >= 11 is 0. The monoisotopic (exact) mass is 304 g/mol. The first-order chi connectivity index (χ1) is 10.7. The molecule has 0 bridgehead atoms. The molecule has 0 spiro atoms. The quantitative estimate of drug-likeness (QED) is 0.786. The number of hydrogen-bond acceptors (Lipinski definition) is 5. The van der Waals surface area contributed by atoms with Crippen LogP contribution in [0, 0.1) is 0 Å². The van der Waals surface area contributed by atoms with E-state index in [9.17, 15) is 9.90 Å². The van der Waals surface area contributed by atoms with Crippen molar-refractivity contribution in [2.24, 2.45) is 0 Å². The SMILES string of the molecule is O=C(NCCCN1CCOCC1)c1cn2cccc(O)c2n1. The van der Waals surface area contributed by atoms with Crippen LogP contribution in [0.2, 0.25) is 0 Å². The number of ether oxygens (including phenoxy) is 1. The molecule has 2 aromatic heterocycles. The number of hydrogen-bond donors (Lipinski definition) is 2. The average molecular weight is 304 g/mol. The maximum absolute atomic E-state index is 12.1. The molecule has 0 unspecified atom stereocenters. The van der Waals surface area contributed by atoms with Gasteiger partial charge in [-0.2, -0.15) is 0 Å². The van der Waals surface area contributed by atoms with E-state index < -0.39 is 0 Å². The summed E-state index contributed by atoms with van der Waals surface area (Å²) in [7, 11) is 0. The van der Waals surface area contributed by atoms with Crippen LogP contribution in [0.4, 0.5) is 0 Å². The minimum absolute atomic E-state index is 0.0638. The van der Waals surface area contributed by atoms with Crippen LogP contribution in [0.25, 0.3) is 5.65 Å². The first kappa shape index (κ1) is 14.8. The number of amides is 1. The second-order valence-corrected chi connectivity index (χ2v) is 5.31. The molecular formula is C15H20N4O3. The zero-order valence-corrected chi connectivity index (χ0v) is 12.4. The predicted molar refractivity (Wildman–Crippen MR) is 81.1 cm³/mol. The van der Waals surface area contributed by atoms with Crippen molar-refractivity contribution in [3.8, 4) is 5.75 Å². The number of carbonyl (C=O) groups is 1. The smallest absolute Gasteiger partial charge is 0.271 e. The Balaban J connectivity index is 1.49. The van der Waals surface area contributed by atoms with E-state index in [1.807, 2.05) is 0 Å². The maximum atomic E-state index is 12.1. The van der Waals surface area contributed by atoms with Crippen molar-refractivity contribution in [3.63, 3.8) is 0 Å². The third-order valence-corrected chi connectivity index (χ3v) is 3.74. The molecule has 2 aromatic rings. The summed E-state index contributed by atoms with van der Waals surface area (Å²) in [6.07, 6.45) is 4.26. The summed E-state index contributed by atoms with van der Waals surface area (Å²) in [6, 6.07) is 3.25. The highest BCUT2D eigenvalue weighted by Gasteiger charge is 2.13. The molecule has 1 amide bonds. The van der Waals surface area contributed by atoms with Crippen LogP contribution in [0.5, 0.6) is 5.75 Å². The van der Waals surface area contributed by atoms with Gasteiger partial charge in [-0.25, -0.2) is 4.98 Å². The Morgan fingerprint density at radius 3 is 3.00 bits per heavy atom. The van der Waals surface area contributed by atoms with Gasteiger partial charge < -0.3 is 19.6 Å². The van der Waals surface area contributed by atoms with Crippen molar-refractivity contribution in [2.45, 2.75) is 6.42 Å². The Bertz CT molecular complexity index is 649. The van der Waals surface area contributed by atoms with Crippen LogP contribution in [0.15, 0.2) is 24.5 Å². The van der Waals surface area contributed by atoms with Gasteiger partial charge >= 0.3 is 0 Å². The number of rotatable bonds is 5. The van der Waals surface area contributed by atoms with Gasteiger partial charge in [-0.1, -0.05) is 0 Å². The fourth-order valence-corrected chi connectivity index (χ4v) is 2.53. The molecule has 7 nitrogen and oxygen atoms in total. The number of nitrogens with zero attached hydrogens (tertiary/aromatic N) is 3. The largest absolute Gasteiger partial charge is 0.504 e. The Kier molecular flexibility index (Phi) is 4.55. The number of aromatic hydroxyl groups is 1. The Hall–Kier alpha value is -2.12. The molecule has 0 atom stereocenters. The minimum Gasteiger partial charge on any atom is -0.504 e. The Morgan fingerprint density at radius 2 is 2.23 bits per heavy atom. The molecular weight excluding hydrogens is 284 g/mol. The summed E-state index contributed by atoms with van der Waals surface area (Å²) in [5, 5.41) is 12.6. The number of carbonyl (C=O) groups excluding carboxylic acids is 1. The predicted octanol–water partition coefficient (Wildman–Crippen LogP) is 0.492. The van der Waals surface area contributed by atoms with Gasteiger partial charge in [0, 0.05) is 32.0 Å². The Labute approximate surface area is 128 Å². The maximum Gasteiger partial charge on any atom is 0.271 e. The first-order valence-electron chi connectivity index (χ1n) is 7.49. The standard InChI is InChI=1S/C15H20N4O3/c20-13-3-1-6-19-11-12(17-14(13)19)15(21)16-4-2-5-18-7-9-22-10-8-18/h1,3,6,11,20H,2,4-5,7-10H2,(H,16,21).